The first kappa shape index (κ1) is 12.4. The van der Waals surface area contributed by atoms with Crippen molar-refractivity contribution in [3.05, 3.63) is 0 Å². The first-order valence-electron chi connectivity index (χ1n) is 6.93. The molecule has 2 rings (SSSR count). The van der Waals surface area contributed by atoms with Gasteiger partial charge in [0.2, 0.25) is 0 Å². The van der Waals surface area contributed by atoms with E-state index in [9.17, 15) is 0 Å². The van der Waals surface area contributed by atoms with Gasteiger partial charge in [0.25, 0.3) is 0 Å². The van der Waals surface area contributed by atoms with Crippen LogP contribution in [0, 0.1) is 5.41 Å². The molecule has 0 saturated heterocycles. The van der Waals surface area contributed by atoms with Crippen LogP contribution in [0.4, 0.5) is 0 Å². The van der Waals surface area contributed by atoms with Gasteiger partial charge in [-0.3, -0.25) is 4.90 Å². The van der Waals surface area contributed by atoms with Gasteiger partial charge >= 0.3 is 0 Å². The molecular formula is C14H28N2. The molecule has 2 aliphatic carbocycles. The molecule has 2 heteroatoms. The molecule has 2 unspecified atom stereocenters. The predicted molar refractivity (Wildman–Crippen MR) is 69.7 cm³/mol. The lowest BCUT2D eigenvalue weighted by atomic mass is 9.92. The van der Waals surface area contributed by atoms with Gasteiger partial charge in [0.05, 0.1) is 0 Å². The summed E-state index contributed by atoms with van der Waals surface area (Å²) in [5, 5.41) is 3.76. The third-order valence-electron chi connectivity index (χ3n) is 4.49. The van der Waals surface area contributed by atoms with E-state index in [2.05, 4.69) is 38.0 Å². The van der Waals surface area contributed by atoms with Crippen LogP contribution in [0.5, 0.6) is 0 Å². The Morgan fingerprint density at radius 2 is 2.00 bits per heavy atom. The van der Waals surface area contributed by atoms with Crippen molar-refractivity contribution in [1.29, 1.82) is 0 Å². The first-order valence-corrected chi connectivity index (χ1v) is 6.93. The minimum Gasteiger partial charge on any atom is -0.312 e. The summed E-state index contributed by atoms with van der Waals surface area (Å²) in [7, 11) is 2.28. The zero-order valence-electron chi connectivity index (χ0n) is 11.4. The molecule has 2 aliphatic rings. The maximum Gasteiger partial charge on any atom is 0.0192 e. The van der Waals surface area contributed by atoms with Crippen LogP contribution < -0.4 is 5.32 Å². The van der Waals surface area contributed by atoms with Crippen LogP contribution in [-0.2, 0) is 0 Å². The summed E-state index contributed by atoms with van der Waals surface area (Å²) in [4.78, 5) is 2.55. The van der Waals surface area contributed by atoms with Gasteiger partial charge in [-0.25, -0.2) is 0 Å². The number of hydrogen-bond acceptors (Lipinski definition) is 2. The third-order valence-corrected chi connectivity index (χ3v) is 4.49. The topological polar surface area (TPSA) is 15.3 Å². The fraction of sp³-hybridized carbons (Fsp3) is 1.00. The van der Waals surface area contributed by atoms with Gasteiger partial charge in [-0.1, -0.05) is 13.8 Å². The average molecular weight is 224 g/mol. The number of nitrogens with zero attached hydrogens (tertiary/aromatic N) is 1. The van der Waals surface area contributed by atoms with Crippen molar-refractivity contribution in [2.45, 2.75) is 71.0 Å². The predicted octanol–water partition coefficient (Wildman–Crippen LogP) is 2.64. The molecule has 0 radical (unpaired) electrons. The quantitative estimate of drug-likeness (QED) is 0.772. The SMILES string of the molecule is CC(CNC1CCC(C)(C)C1)N(C)C1CC1. The Hall–Kier alpha value is -0.0800. The Kier molecular flexibility index (Phi) is 3.60. The van der Waals surface area contributed by atoms with E-state index >= 15 is 0 Å². The van der Waals surface area contributed by atoms with Crippen molar-refractivity contribution >= 4 is 0 Å². The molecule has 0 bridgehead atoms. The van der Waals surface area contributed by atoms with Crippen LogP contribution >= 0.6 is 0 Å². The molecule has 0 amide bonds. The molecule has 0 aromatic heterocycles. The minimum atomic E-state index is 0.573. The van der Waals surface area contributed by atoms with Crippen molar-refractivity contribution in [1.82, 2.24) is 10.2 Å². The second-order valence-corrected chi connectivity index (χ2v) is 6.76. The van der Waals surface area contributed by atoms with Gasteiger partial charge in [-0.2, -0.15) is 0 Å². The standard InChI is InChI=1S/C14H28N2/c1-11(16(4)13-5-6-13)10-15-12-7-8-14(2,3)9-12/h11-13,15H,5-10H2,1-4H3. The van der Waals surface area contributed by atoms with Crippen LogP contribution in [0.3, 0.4) is 0 Å². The molecule has 0 aromatic rings. The number of nitrogens with one attached hydrogen (secondary N) is 1. The Bertz CT molecular complexity index is 231. The summed E-state index contributed by atoms with van der Waals surface area (Å²) in [6.07, 6.45) is 6.94. The molecule has 0 heterocycles. The molecule has 0 aliphatic heterocycles. The van der Waals surface area contributed by atoms with Gasteiger partial charge in [-0.05, 0) is 51.5 Å². The third kappa shape index (κ3) is 3.21. The van der Waals surface area contributed by atoms with E-state index in [0.717, 1.165) is 18.6 Å². The molecular weight excluding hydrogens is 196 g/mol. The summed E-state index contributed by atoms with van der Waals surface area (Å²) < 4.78 is 0. The van der Waals surface area contributed by atoms with E-state index in [0.29, 0.717) is 11.5 Å². The fourth-order valence-corrected chi connectivity index (χ4v) is 2.93. The van der Waals surface area contributed by atoms with Crippen molar-refractivity contribution in [2.75, 3.05) is 13.6 Å². The van der Waals surface area contributed by atoms with Crippen molar-refractivity contribution < 1.29 is 0 Å². The zero-order valence-corrected chi connectivity index (χ0v) is 11.4. The lowest BCUT2D eigenvalue weighted by Gasteiger charge is -2.26. The Balaban J connectivity index is 1.67. The summed E-state index contributed by atoms with van der Waals surface area (Å²) in [6.45, 7) is 8.31. The highest BCUT2D eigenvalue weighted by Crippen LogP contribution is 2.36. The molecule has 1 N–H and O–H groups in total. The summed E-state index contributed by atoms with van der Waals surface area (Å²) in [6, 6.07) is 2.35. The second-order valence-electron chi connectivity index (χ2n) is 6.76. The maximum absolute atomic E-state index is 3.76. The van der Waals surface area contributed by atoms with Crippen LogP contribution in [0.2, 0.25) is 0 Å². The van der Waals surface area contributed by atoms with Crippen LogP contribution in [0.1, 0.15) is 52.9 Å². The minimum absolute atomic E-state index is 0.573. The monoisotopic (exact) mass is 224 g/mol. The van der Waals surface area contributed by atoms with Gasteiger partial charge in [0.1, 0.15) is 0 Å². The summed E-state index contributed by atoms with van der Waals surface area (Å²) in [5.41, 5.74) is 0.573. The number of likely N-dealkylation sites (N-methyl/N-ethyl adjacent to an activating group) is 1. The van der Waals surface area contributed by atoms with Crippen LogP contribution in [-0.4, -0.2) is 36.6 Å². The van der Waals surface area contributed by atoms with E-state index in [-0.39, 0.29) is 0 Å². The van der Waals surface area contributed by atoms with E-state index < -0.39 is 0 Å². The van der Waals surface area contributed by atoms with Gasteiger partial charge in [0, 0.05) is 24.7 Å². The summed E-state index contributed by atoms with van der Waals surface area (Å²) in [5.74, 6) is 0. The molecule has 2 atom stereocenters. The normalized spacial score (nSPS) is 30.9. The van der Waals surface area contributed by atoms with Crippen LogP contribution in [0.15, 0.2) is 0 Å². The van der Waals surface area contributed by atoms with Crippen molar-refractivity contribution in [3.8, 4) is 0 Å². The lowest BCUT2D eigenvalue weighted by Crippen LogP contribution is -2.42. The first-order chi connectivity index (χ1) is 7.48. The Morgan fingerprint density at radius 3 is 2.50 bits per heavy atom. The van der Waals surface area contributed by atoms with E-state index in [1.165, 1.54) is 32.1 Å². The zero-order chi connectivity index (χ0) is 11.8. The highest BCUT2D eigenvalue weighted by molar-refractivity contribution is 4.89. The van der Waals surface area contributed by atoms with Gasteiger partial charge in [-0.15, -0.1) is 0 Å². The van der Waals surface area contributed by atoms with Crippen molar-refractivity contribution in [2.24, 2.45) is 5.41 Å². The average Bonchev–Trinajstić information content (AvgIpc) is 2.99. The smallest absolute Gasteiger partial charge is 0.0192 e. The van der Waals surface area contributed by atoms with Gasteiger partial charge < -0.3 is 5.32 Å². The number of hydrogen-bond donors (Lipinski definition) is 1. The molecule has 94 valence electrons. The summed E-state index contributed by atoms with van der Waals surface area (Å²) >= 11 is 0. The van der Waals surface area contributed by atoms with E-state index in [1.807, 2.05) is 0 Å². The van der Waals surface area contributed by atoms with Crippen LogP contribution in [0.25, 0.3) is 0 Å². The molecule has 16 heavy (non-hydrogen) atoms. The Morgan fingerprint density at radius 1 is 1.31 bits per heavy atom. The lowest BCUT2D eigenvalue weighted by molar-refractivity contribution is 0.234. The van der Waals surface area contributed by atoms with E-state index in [4.69, 9.17) is 0 Å². The molecule has 0 spiro atoms. The Labute approximate surface area is 101 Å². The molecule has 2 nitrogen and oxygen atoms in total. The molecule has 2 fully saturated rings. The highest BCUT2D eigenvalue weighted by Gasteiger charge is 2.32. The second kappa shape index (κ2) is 4.66. The van der Waals surface area contributed by atoms with E-state index in [1.54, 1.807) is 0 Å². The number of rotatable bonds is 5. The molecule has 2 saturated carbocycles. The largest absolute Gasteiger partial charge is 0.312 e. The fourth-order valence-electron chi connectivity index (χ4n) is 2.93. The van der Waals surface area contributed by atoms with Crippen molar-refractivity contribution in [3.63, 3.8) is 0 Å². The van der Waals surface area contributed by atoms with Gasteiger partial charge in [0.15, 0.2) is 0 Å². The highest BCUT2D eigenvalue weighted by atomic mass is 15.2. The molecule has 0 aromatic carbocycles. The maximum atomic E-state index is 3.76.